The van der Waals surface area contributed by atoms with Crippen molar-refractivity contribution in [3.63, 3.8) is 0 Å². The number of halogens is 2. The van der Waals surface area contributed by atoms with Crippen LogP contribution in [0.2, 0.25) is 0 Å². The van der Waals surface area contributed by atoms with Crippen LogP contribution in [-0.2, 0) is 0 Å². The van der Waals surface area contributed by atoms with Gasteiger partial charge in [-0.3, -0.25) is 4.79 Å². The van der Waals surface area contributed by atoms with Crippen LogP contribution in [0.4, 0.5) is 0 Å². The summed E-state index contributed by atoms with van der Waals surface area (Å²) >= 11 is 11.7. The normalized spacial score (nSPS) is 12.0. The molecule has 0 fully saturated rings. The summed E-state index contributed by atoms with van der Waals surface area (Å²) in [5, 5.41) is 0. The van der Waals surface area contributed by atoms with Gasteiger partial charge in [-0.2, -0.15) is 0 Å². The zero-order chi connectivity index (χ0) is 14.6. The molecule has 1 amide bonds. The van der Waals surface area contributed by atoms with Gasteiger partial charge in [-0.05, 0) is 25.1 Å². The van der Waals surface area contributed by atoms with Gasteiger partial charge < -0.3 is 10.6 Å². The zero-order valence-corrected chi connectivity index (χ0v) is 14.8. The summed E-state index contributed by atoms with van der Waals surface area (Å²) in [4.78, 5) is 14.6. The lowest BCUT2D eigenvalue weighted by molar-refractivity contribution is 0.0754. The Balaban J connectivity index is 2.92. The van der Waals surface area contributed by atoms with E-state index in [1.807, 2.05) is 19.9 Å². The third-order valence-electron chi connectivity index (χ3n) is 2.76. The third-order valence-corrected chi connectivity index (χ3v) is 4.08. The molecule has 19 heavy (non-hydrogen) atoms. The minimum Gasteiger partial charge on any atom is -0.393 e. The van der Waals surface area contributed by atoms with Crippen molar-refractivity contribution in [2.45, 2.75) is 13.8 Å². The maximum atomic E-state index is 12.4. The van der Waals surface area contributed by atoms with E-state index < -0.39 is 0 Å². The van der Waals surface area contributed by atoms with E-state index in [1.54, 1.807) is 17.0 Å². The van der Waals surface area contributed by atoms with Crippen molar-refractivity contribution in [3.8, 4) is 0 Å². The highest BCUT2D eigenvalue weighted by Crippen LogP contribution is 2.21. The fourth-order valence-electron chi connectivity index (χ4n) is 1.64. The average Bonchev–Trinajstić information content (AvgIpc) is 2.33. The molecule has 6 heteroatoms. The SMILES string of the molecule is CCN(CC(C)C(N)=S)C(=O)c1cc(Br)cc(Br)c1. The molecule has 2 N–H and O–H groups in total. The Bertz CT molecular complexity index is 473. The molecular formula is C13H16Br2N2OS. The van der Waals surface area contributed by atoms with Crippen molar-refractivity contribution < 1.29 is 4.79 Å². The molecule has 0 saturated heterocycles. The minimum atomic E-state index is -0.0207. The van der Waals surface area contributed by atoms with Crippen LogP contribution >= 0.6 is 44.1 Å². The molecule has 0 aliphatic carbocycles. The topological polar surface area (TPSA) is 46.3 Å². The Morgan fingerprint density at radius 3 is 2.32 bits per heavy atom. The van der Waals surface area contributed by atoms with Gasteiger partial charge in [0.15, 0.2) is 0 Å². The van der Waals surface area contributed by atoms with Crippen LogP contribution in [-0.4, -0.2) is 28.9 Å². The van der Waals surface area contributed by atoms with E-state index in [1.165, 1.54) is 0 Å². The van der Waals surface area contributed by atoms with Gasteiger partial charge in [0, 0.05) is 33.5 Å². The van der Waals surface area contributed by atoms with Crippen molar-refractivity contribution in [3.05, 3.63) is 32.7 Å². The molecule has 0 bridgehead atoms. The monoisotopic (exact) mass is 406 g/mol. The summed E-state index contributed by atoms with van der Waals surface area (Å²) in [5.74, 6) is -0.0120. The number of rotatable bonds is 5. The Labute approximate surface area is 135 Å². The van der Waals surface area contributed by atoms with Gasteiger partial charge in [0.2, 0.25) is 0 Å². The standard InChI is InChI=1S/C13H16Br2N2OS/c1-3-17(7-8(2)12(16)19)13(18)9-4-10(14)6-11(15)5-9/h4-6,8H,3,7H2,1-2H3,(H2,16,19). The summed E-state index contributed by atoms with van der Waals surface area (Å²) in [6, 6.07) is 5.51. The van der Waals surface area contributed by atoms with Gasteiger partial charge >= 0.3 is 0 Å². The largest absolute Gasteiger partial charge is 0.393 e. The second-order valence-corrected chi connectivity index (χ2v) is 6.61. The van der Waals surface area contributed by atoms with Crippen molar-refractivity contribution in [1.82, 2.24) is 4.90 Å². The first kappa shape index (κ1) is 16.6. The van der Waals surface area contributed by atoms with Crippen LogP contribution in [0, 0.1) is 5.92 Å². The first-order valence-corrected chi connectivity index (χ1v) is 7.89. The lowest BCUT2D eigenvalue weighted by atomic mass is 10.1. The molecule has 104 valence electrons. The quantitative estimate of drug-likeness (QED) is 0.758. The van der Waals surface area contributed by atoms with Crippen LogP contribution in [0.15, 0.2) is 27.1 Å². The van der Waals surface area contributed by atoms with Gasteiger partial charge in [0.1, 0.15) is 0 Å². The summed E-state index contributed by atoms with van der Waals surface area (Å²) in [5.41, 5.74) is 6.24. The van der Waals surface area contributed by atoms with E-state index in [0.717, 1.165) is 8.95 Å². The number of hydrogen-bond donors (Lipinski definition) is 1. The molecule has 0 aromatic heterocycles. The van der Waals surface area contributed by atoms with Crippen LogP contribution in [0.3, 0.4) is 0 Å². The van der Waals surface area contributed by atoms with Crippen molar-refractivity contribution in [2.24, 2.45) is 11.7 Å². The molecule has 0 aliphatic rings. The number of nitrogens with zero attached hydrogens (tertiary/aromatic N) is 1. The van der Waals surface area contributed by atoms with E-state index in [2.05, 4.69) is 31.9 Å². The highest BCUT2D eigenvalue weighted by atomic mass is 79.9. The van der Waals surface area contributed by atoms with Crippen LogP contribution in [0.25, 0.3) is 0 Å². The molecule has 1 rings (SSSR count). The summed E-state index contributed by atoms with van der Waals surface area (Å²) in [6.07, 6.45) is 0. The first-order chi connectivity index (χ1) is 8.85. The van der Waals surface area contributed by atoms with Gasteiger partial charge in [0.25, 0.3) is 5.91 Å². The Morgan fingerprint density at radius 2 is 1.89 bits per heavy atom. The second kappa shape index (κ2) is 7.36. The second-order valence-electron chi connectivity index (χ2n) is 4.31. The van der Waals surface area contributed by atoms with Gasteiger partial charge in [-0.1, -0.05) is 51.0 Å². The van der Waals surface area contributed by atoms with E-state index in [9.17, 15) is 4.79 Å². The van der Waals surface area contributed by atoms with Gasteiger partial charge in [-0.15, -0.1) is 0 Å². The smallest absolute Gasteiger partial charge is 0.253 e. The lowest BCUT2D eigenvalue weighted by Crippen LogP contribution is -2.38. The van der Waals surface area contributed by atoms with E-state index >= 15 is 0 Å². The number of amides is 1. The fourth-order valence-corrected chi connectivity index (χ4v) is 3.00. The van der Waals surface area contributed by atoms with Crippen LogP contribution < -0.4 is 5.73 Å². The number of benzene rings is 1. The van der Waals surface area contributed by atoms with Crippen molar-refractivity contribution >= 4 is 55.0 Å². The van der Waals surface area contributed by atoms with Gasteiger partial charge in [0.05, 0.1) is 4.99 Å². The van der Waals surface area contributed by atoms with Gasteiger partial charge in [-0.25, -0.2) is 0 Å². The number of thiocarbonyl (C=S) groups is 1. The predicted molar refractivity (Wildman–Crippen MR) is 89.4 cm³/mol. The molecular weight excluding hydrogens is 392 g/mol. The Hall–Kier alpha value is -0.460. The maximum absolute atomic E-state index is 12.4. The van der Waals surface area contributed by atoms with Crippen LogP contribution in [0.1, 0.15) is 24.2 Å². The van der Waals surface area contributed by atoms with E-state index in [-0.39, 0.29) is 11.8 Å². The number of hydrogen-bond acceptors (Lipinski definition) is 2. The molecule has 0 saturated carbocycles. The highest BCUT2D eigenvalue weighted by Gasteiger charge is 2.18. The zero-order valence-electron chi connectivity index (χ0n) is 10.8. The first-order valence-electron chi connectivity index (χ1n) is 5.89. The van der Waals surface area contributed by atoms with Crippen molar-refractivity contribution in [2.75, 3.05) is 13.1 Å². The number of carbonyl (C=O) groups excluding carboxylic acids is 1. The number of carbonyl (C=O) groups is 1. The Morgan fingerprint density at radius 1 is 1.37 bits per heavy atom. The van der Waals surface area contributed by atoms with Crippen LogP contribution in [0.5, 0.6) is 0 Å². The molecule has 0 heterocycles. The van der Waals surface area contributed by atoms with E-state index in [0.29, 0.717) is 23.6 Å². The molecule has 1 aromatic rings. The fraction of sp³-hybridized carbons (Fsp3) is 0.385. The molecule has 0 radical (unpaired) electrons. The van der Waals surface area contributed by atoms with Crippen molar-refractivity contribution in [1.29, 1.82) is 0 Å². The Kier molecular flexibility index (Phi) is 6.42. The molecule has 1 aromatic carbocycles. The summed E-state index contributed by atoms with van der Waals surface area (Å²) in [7, 11) is 0. The molecule has 1 unspecified atom stereocenters. The minimum absolute atomic E-state index is 0.00879. The molecule has 1 atom stereocenters. The highest BCUT2D eigenvalue weighted by molar-refractivity contribution is 9.11. The maximum Gasteiger partial charge on any atom is 0.253 e. The van der Waals surface area contributed by atoms with E-state index in [4.69, 9.17) is 18.0 Å². The summed E-state index contributed by atoms with van der Waals surface area (Å²) in [6.45, 7) is 5.02. The molecule has 0 spiro atoms. The average molecular weight is 408 g/mol. The predicted octanol–water partition coefficient (Wildman–Crippen LogP) is 3.60. The number of nitrogens with two attached hydrogens (primary N) is 1. The third kappa shape index (κ3) is 4.85. The lowest BCUT2D eigenvalue weighted by Gasteiger charge is -2.24. The molecule has 3 nitrogen and oxygen atoms in total. The molecule has 0 aliphatic heterocycles. The summed E-state index contributed by atoms with van der Waals surface area (Å²) < 4.78 is 1.73.